The zero-order valence-corrected chi connectivity index (χ0v) is 12.2. The van der Waals surface area contributed by atoms with Crippen LogP contribution < -0.4 is 10.6 Å². The van der Waals surface area contributed by atoms with Crippen molar-refractivity contribution in [3.05, 3.63) is 14.7 Å². The molecule has 0 radical (unpaired) electrons. The molecule has 18 heavy (non-hydrogen) atoms. The van der Waals surface area contributed by atoms with Gasteiger partial charge in [0.1, 0.15) is 4.88 Å². The molecule has 1 aliphatic rings. The van der Waals surface area contributed by atoms with E-state index in [1.807, 2.05) is 0 Å². The Balaban J connectivity index is 2.36. The molecule has 1 amide bonds. The van der Waals surface area contributed by atoms with Gasteiger partial charge in [-0.15, -0.1) is 11.3 Å². The van der Waals surface area contributed by atoms with Gasteiger partial charge in [-0.25, -0.2) is 4.79 Å². The molecular weight excluding hydrogens is 320 g/mol. The van der Waals surface area contributed by atoms with E-state index in [0.717, 1.165) is 4.47 Å². The number of methoxy groups -OCH3 is 1. The number of carbonyl (C=O) groups excluding carboxylic acids is 2. The minimum Gasteiger partial charge on any atom is -0.465 e. The molecule has 98 valence electrons. The van der Waals surface area contributed by atoms with E-state index < -0.39 is 5.97 Å². The topological polar surface area (TPSA) is 72.6 Å². The molecule has 1 aliphatic heterocycles. The zero-order chi connectivity index (χ0) is 13.3. The number of ether oxygens (including phenoxy) is 1. The van der Waals surface area contributed by atoms with Gasteiger partial charge in [-0.1, -0.05) is 0 Å². The summed E-state index contributed by atoms with van der Waals surface area (Å²) >= 11 is 4.63. The maximum Gasteiger partial charge on any atom is 0.350 e. The average Bonchev–Trinajstić information content (AvgIpc) is 2.91. The number of esters is 1. The van der Waals surface area contributed by atoms with Gasteiger partial charge < -0.3 is 15.4 Å². The van der Waals surface area contributed by atoms with Crippen molar-refractivity contribution in [1.29, 1.82) is 0 Å². The molecule has 5 nitrogen and oxygen atoms in total. The fraction of sp³-hybridized carbons (Fsp3) is 0.455. The van der Waals surface area contributed by atoms with Crippen LogP contribution in [-0.2, 0) is 9.53 Å². The van der Waals surface area contributed by atoms with E-state index in [4.69, 9.17) is 10.5 Å². The molecule has 1 unspecified atom stereocenters. The first-order chi connectivity index (χ1) is 8.58. The highest BCUT2D eigenvalue weighted by Crippen LogP contribution is 2.39. The van der Waals surface area contributed by atoms with Crippen molar-refractivity contribution >= 4 is 44.8 Å². The molecule has 0 aliphatic carbocycles. The fourth-order valence-corrected chi connectivity index (χ4v) is 3.64. The Morgan fingerprint density at radius 2 is 2.44 bits per heavy atom. The van der Waals surface area contributed by atoms with E-state index in [1.165, 1.54) is 18.4 Å². The first-order valence-electron chi connectivity index (χ1n) is 5.44. The summed E-state index contributed by atoms with van der Waals surface area (Å²) in [4.78, 5) is 25.7. The van der Waals surface area contributed by atoms with Crippen LogP contribution in [0.3, 0.4) is 0 Å². The highest BCUT2D eigenvalue weighted by atomic mass is 79.9. The van der Waals surface area contributed by atoms with Gasteiger partial charge in [0.25, 0.3) is 0 Å². The van der Waals surface area contributed by atoms with E-state index in [9.17, 15) is 9.59 Å². The Kier molecular flexibility index (Phi) is 4.04. The van der Waals surface area contributed by atoms with Crippen molar-refractivity contribution in [1.82, 2.24) is 0 Å². The van der Waals surface area contributed by atoms with E-state index in [1.54, 1.807) is 10.3 Å². The highest BCUT2D eigenvalue weighted by Gasteiger charge is 2.34. The molecule has 1 aromatic heterocycles. The van der Waals surface area contributed by atoms with Gasteiger partial charge in [-0.3, -0.25) is 4.79 Å². The van der Waals surface area contributed by atoms with Gasteiger partial charge >= 0.3 is 5.97 Å². The number of thiophene rings is 1. The van der Waals surface area contributed by atoms with Crippen LogP contribution in [0.5, 0.6) is 0 Å². The van der Waals surface area contributed by atoms with Crippen LogP contribution in [0.25, 0.3) is 0 Å². The number of carbonyl (C=O) groups is 2. The lowest BCUT2D eigenvalue weighted by molar-refractivity contribution is -0.117. The standard InChI is InChI=1S/C11H13BrN2O3S/c1-17-11(16)10-9(7(12)5-18-10)14-4-6(3-13)2-8(14)15/h5-6H,2-4,13H2,1H3. The molecule has 1 fully saturated rings. The van der Waals surface area contributed by atoms with Gasteiger partial charge in [-0.05, 0) is 28.4 Å². The first-order valence-corrected chi connectivity index (χ1v) is 7.11. The van der Waals surface area contributed by atoms with E-state index in [-0.39, 0.29) is 11.8 Å². The maximum atomic E-state index is 12.0. The molecule has 1 saturated heterocycles. The van der Waals surface area contributed by atoms with Gasteiger partial charge in [0.15, 0.2) is 0 Å². The van der Waals surface area contributed by atoms with Gasteiger partial charge in [0, 0.05) is 18.3 Å². The number of hydrogen-bond acceptors (Lipinski definition) is 5. The van der Waals surface area contributed by atoms with E-state index in [0.29, 0.717) is 30.1 Å². The molecule has 0 spiro atoms. The highest BCUT2D eigenvalue weighted by molar-refractivity contribution is 9.10. The smallest absolute Gasteiger partial charge is 0.350 e. The molecule has 2 rings (SSSR count). The SMILES string of the molecule is COC(=O)c1scc(Br)c1N1CC(CN)CC1=O. The Labute approximate surface area is 117 Å². The predicted octanol–water partition coefficient (Wildman–Crippen LogP) is 1.61. The fourth-order valence-electron chi connectivity index (χ4n) is 1.98. The summed E-state index contributed by atoms with van der Waals surface area (Å²) in [5.74, 6) is -0.283. The summed E-state index contributed by atoms with van der Waals surface area (Å²) in [5, 5.41) is 1.78. The Morgan fingerprint density at radius 3 is 3.00 bits per heavy atom. The minimum absolute atomic E-state index is 0.00490. The molecule has 2 N–H and O–H groups in total. The summed E-state index contributed by atoms with van der Waals surface area (Å²) < 4.78 is 5.46. The third-order valence-electron chi connectivity index (χ3n) is 2.90. The second kappa shape index (κ2) is 5.38. The molecule has 1 atom stereocenters. The van der Waals surface area contributed by atoms with E-state index in [2.05, 4.69) is 15.9 Å². The quantitative estimate of drug-likeness (QED) is 0.853. The zero-order valence-electron chi connectivity index (χ0n) is 9.81. The summed E-state index contributed by atoms with van der Waals surface area (Å²) in [5.41, 5.74) is 6.20. The number of rotatable bonds is 3. The number of nitrogens with zero attached hydrogens (tertiary/aromatic N) is 1. The number of halogens is 1. The van der Waals surface area contributed by atoms with Crippen LogP contribution in [0.1, 0.15) is 16.1 Å². The second-order valence-electron chi connectivity index (χ2n) is 4.06. The van der Waals surface area contributed by atoms with Crippen LogP contribution in [-0.4, -0.2) is 32.1 Å². The summed E-state index contributed by atoms with van der Waals surface area (Å²) in [7, 11) is 1.33. The largest absolute Gasteiger partial charge is 0.465 e. The van der Waals surface area contributed by atoms with Crippen molar-refractivity contribution in [3.63, 3.8) is 0 Å². The molecule has 0 saturated carbocycles. The summed E-state index contributed by atoms with van der Waals surface area (Å²) in [6.45, 7) is 1.02. The number of anilines is 1. The predicted molar refractivity (Wildman–Crippen MR) is 72.9 cm³/mol. The normalized spacial score (nSPS) is 19.4. The van der Waals surface area contributed by atoms with Crippen LogP contribution in [0.15, 0.2) is 9.85 Å². The minimum atomic E-state index is -0.426. The lowest BCUT2D eigenvalue weighted by Gasteiger charge is -2.17. The van der Waals surface area contributed by atoms with Gasteiger partial charge in [0.2, 0.25) is 5.91 Å². The lowest BCUT2D eigenvalue weighted by Crippen LogP contribution is -2.27. The molecule has 0 bridgehead atoms. The van der Waals surface area contributed by atoms with E-state index >= 15 is 0 Å². The third-order valence-corrected chi connectivity index (χ3v) is 4.76. The van der Waals surface area contributed by atoms with Crippen molar-refractivity contribution in [3.8, 4) is 0 Å². The molecule has 2 heterocycles. The van der Waals surface area contributed by atoms with Crippen LogP contribution in [0.2, 0.25) is 0 Å². The van der Waals surface area contributed by atoms with Crippen molar-refractivity contribution in [2.75, 3.05) is 25.1 Å². The third kappa shape index (κ3) is 2.30. The Hall–Kier alpha value is -0.920. The van der Waals surface area contributed by atoms with Crippen molar-refractivity contribution < 1.29 is 14.3 Å². The molecular formula is C11H13BrN2O3S. The van der Waals surface area contributed by atoms with Gasteiger partial charge in [0.05, 0.1) is 17.3 Å². The Morgan fingerprint density at radius 1 is 1.72 bits per heavy atom. The second-order valence-corrected chi connectivity index (χ2v) is 5.80. The monoisotopic (exact) mass is 332 g/mol. The average molecular weight is 333 g/mol. The Bertz CT molecular complexity index is 489. The van der Waals surface area contributed by atoms with Crippen LogP contribution >= 0.6 is 27.3 Å². The summed E-state index contributed by atoms with van der Waals surface area (Å²) in [6.07, 6.45) is 0.430. The first kappa shape index (κ1) is 13.5. The lowest BCUT2D eigenvalue weighted by atomic mass is 10.1. The molecule has 1 aromatic rings. The van der Waals surface area contributed by atoms with Gasteiger partial charge in [-0.2, -0.15) is 0 Å². The van der Waals surface area contributed by atoms with Crippen molar-refractivity contribution in [2.24, 2.45) is 11.7 Å². The van der Waals surface area contributed by atoms with Crippen molar-refractivity contribution in [2.45, 2.75) is 6.42 Å². The van der Waals surface area contributed by atoms with Crippen LogP contribution in [0, 0.1) is 5.92 Å². The number of hydrogen-bond donors (Lipinski definition) is 1. The number of nitrogens with two attached hydrogens (primary N) is 1. The molecule has 7 heteroatoms. The maximum absolute atomic E-state index is 12.0. The molecule has 0 aromatic carbocycles. The van der Waals surface area contributed by atoms with Crippen LogP contribution in [0.4, 0.5) is 5.69 Å². The summed E-state index contributed by atoms with van der Waals surface area (Å²) in [6, 6.07) is 0. The number of amides is 1.